The maximum Gasteiger partial charge on any atom is 0.0105 e. The summed E-state index contributed by atoms with van der Waals surface area (Å²) in [4.78, 5) is 5.45. The van der Waals surface area contributed by atoms with Gasteiger partial charge in [0.1, 0.15) is 0 Å². The van der Waals surface area contributed by atoms with E-state index in [1.807, 2.05) is 0 Å². The van der Waals surface area contributed by atoms with E-state index in [9.17, 15) is 0 Å². The summed E-state index contributed by atoms with van der Waals surface area (Å²) in [5.74, 6) is 1.74. The number of rotatable bonds is 7. The third-order valence-electron chi connectivity index (χ3n) is 6.07. The third kappa shape index (κ3) is 4.67. The van der Waals surface area contributed by atoms with Crippen LogP contribution in [0.1, 0.15) is 52.4 Å². The van der Waals surface area contributed by atoms with Crippen LogP contribution in [-0.4, -0.2) is 61.2 Å². The van der Waals surface area contributed by atoms with Crippen molar-refractivity contribution in [2.45, 2.75) is 64.5 Å². The van der Waals surface area contributed by atoms with Crippen LogP contribution in [0, 0.1) is 11.8 Å². The van der Waals surface area contributed by atoms with Gasteiger partial charge in [-0.15, -0.1) is 0 Å². The van der Waals surface area contributed by atoms with Gasteiger partial charge in [0.25, 0.3) is 0 Å². The molecule has 1 N–H and O–H groups in total. The molecular weight excluding hydrogens is 258 g/mol. The molecule has 0 aromatic rings. The van der Waals surface area contributed by atoms with Crippen LogP contribution >= 0.6 is 0 Å². The van der Waals surface area contributed by atoms with E-state index >= 15 is 0 Å². The molecule has 0 aromatic carbocycles. The molecule has 3 nitrogen and oxygen atoms in total. The molecule has 3 aliphatic rings. The van der Waals surface area contributed by atoms with E-state index in [-0.39, 0.29) is 0 Å². The minimum atomic E-state index is 0.740. The summed E-state index contributed by atoms with van der Waals surface area (Å²) < 4.78 is 0. The van der Waals surface area contributed by atoms with E-state index in [0.29, 0.717) is 0 Å². The first kappa shape index (κ1) is 15.8. The van der Waals surface area contributed by atoms with Crippen LogP contribution in [0.5, 0.6) is 0 Å². The van der Waals surface area contributed by atoms with E-state index < -0.39 is 0 Å². The maximum atomic E-state index is 3.70. The van der Waals surface area contributed by atoms with Crippen molar-refractivity contribution in [1.82, 2.24) is 15.1 Å². The Hall–Kier alpha value is -0.120. The molecule has 2 heterocycles. The van der Waals surface area contributed by atoms with Crippen molar-refractivity contribution in [1.29, 1.82) is 0 Å². The predicted molar refractivity (Wildman–Crippen MR) is 89.6 cm³/mol. The summed E-state index contributed by atoms with van der Waals surface area (Å²) in [5.41, 5.74) is 0. The second kappa shape index (κ2) is 7.43. The van der Waals surface area contributed by atoms with Crippen LogP contribution in [0.3, 0.4) is 0 Å². The SMILES string of the molecule is CC(CNC1CC1)C(C)N1CCC(CN2CCCC2)CC1. The van der Waals surface area contributed by atoms with Gasteiger partial charge in [0.15, 0.2) is 0 Å². The molecule has 3 heteroatoms. The standard InChI is InChI=1S/C18H35N3/c1-15(13-19-18-5-6-18)16(2)21-11-7-17(8-12-21)14-20-9-3-4-10-20/h15-19H,3-14H2,1-2H3. The number of nitrogens with zero attached hydrogens (tertiary/aromatic N) is 2. The first-order chi connectivity index (χ1) is 10.2. The minimum Gasteiger partial charge on any atom is -0.314 e. The van der Waals surface area contributed by atoms with E-state index in [1.165, 1.54) is 77.8 Å². The van der Waals surface area contributed by atoms with Gasteiger partial charge in [-0.3, -0.25) is 0 Å². The molecule has 2 saturated heterocycles. The molecule has 2 unspecified atom stereocenters. The minimum absolute atomic E-state index is 0.740. The predicted octanol–water partition coefficient (Wildman–Crippen LogP) is 2.57. The van der Waals surface area contributed by atoms with Crippen LogP contribution in [0.15, 0.2) is 0 Å². The van der Waals surface area contributed by atoms with Crippen LogP contribution in [0.25, 0.3) is 0 Å². The Balaban J connectivity index is 1.35. The van der Waals surface area contributed by atoms with Crippen LogP contribution < -0.4 is 5.32 Å². The van der Waals surface area contributed by atoms with Gasteiger partial charge in [-0.25, -0.2) is 0 Å². The zero-order valence-electron chi connectivity index (χ0n) is 14.2. The molecule has 0 radical (unpaired) electrons. The Bertz CT molecular complexity index is 302. The number of nitrogens with one attached hydrogen (secondary N) is 1. The first-order valence-corrected chi connectivity index (χ1v) is 9.42. The molecule has 3 fully saturated rings. The van der Waals surface area contributed by atoms with Crippen molar-refractivity contribution in [2.75, 3.05) is 39.3 Å². The van der Waals surface area contributed by atoms with E-state index in [4.69, 9.17) is 0 Å². The van der Waals surface area contributed by atoms with Gasteiger partial charge in [-0.1, -0.05) is 6.92 Å². The van der Waals surface area contributed by atoms with Crippen molar-refractivity contribution >= 4 is 0 Å². The maximum absolute atomic E-state index is 3.70. The molecule has 0 spiro atoms. The average Bonchev–Trinajstić information content (AvgIpc) is 3.20. The van der Waals surface area contributed by atoms with Gasteiger partial charge in [0.05, 0.1) is 0 Å². The van der Waals surface area contributed by atoms with Crippen LogP contribution in [-0.2, 0) is 0 Å². The van der Waals surface area contributed by atoms with Crippen molar-refractivity contribution < 1.29 is 0 Å². The van der Waals surface area contributed by atoms with E-state index in [0.717, 1.165) is 23.9 Å². The lowest BCUT2D eigenvalue weighted by Crippen LogP contribution is -2.46. The third-order valence-corrected chi connectivity index (χ3v) is 6.07. The molecule has 2 aliphatic heterocycles. The van der Waals surface area contributed by atoms with Crippen molar-refractivity contribution in [3.8, 4) is 0 Å². The summed E-state index contributed by atoms with van der Waals surface area (Å²) in [6, 6.07) is 1.59. The molecule has 122 valence electrons. The number of piperidine rings is 1. The zero-order chi connectivity index (χ0) is 14.7. The molecule has 3 rings (SSSR count). The highest BCUT2D eigenvalue weighted by atomic mass is 15.2. The fourth-order valence-corrected chi connectivity index (χ4v) is 4.04. The van der Waals surface area contributed by atoms with Crippen LogP contribution in [0.4, 0.5) is 0 Å². The fraction of sp³-hybridized carbons (Fsp3) is 1.00. The van der Waals surface area contributed by atoms with Gasteiger partial charge in [0.2, 0.25) is 0 Å². The highest BCUT2D eigenvalue weighted by Crippen LogP contribution is 2.24. The molecule has 0 amide bonds. The Kier molecular flexibility index (Phi) is 5.58. The summed E-state index contributed by atoms with van der Waals surface area (Å²) >= 11 is 0. The van der Waals surface area contributed by atoms with Gasteiger partial charge < -0.3 is 15.1 Å². The van der Waals surface area contributed by atoms with Crippen molar-refractivity contribution in [2.24, 2.45) is 11.8 Å². The lowest BCUT2D eigenvalue weighted by atomic mass is 9.93. The van der Waals surface area contributed by atoms with Crippen molar-refractivity contribution in [3.05, 3.63) is 0 Å². The molecule has 21 heavy (non-hydrogen) atoms. The van der Waals surface area contributed by atoms with E-state index in [1.54, 1.807) is 0 Å². The molecule has 1 saturated carbocycles. The topological polar surface area (TPSA) is 18.5 Å². The Morgan fingerprint density at radius 1 is 0.952 bits per heavy atom. The zero-order valence-corrected chi connectivity index (χ0v) is 14.2. The first-order valence-electron chi connectivity index (χ1n) is 9.42. The quantitative estimate of drug-likeness (QED) is 0.778. The summed E-state index contributed by atoms with van der Waals surface area (Å²) in [6.07, 6.45) is 8.52. The smallest absolute Gasteiger partial charge is 0.0105 e. The summed E-state index contributed by atoms with van der Waals surface area (Å²) in [7, 11) is 0. The monoisotopic (exact) mass is 293 g/mol. The van der Waals surface area contributed by atoms with Gasteiger partial charge in [-0.2, -0.15) is 0 Å². The molecule has 1 aliphatic carbocycles. The van der Waals surface area contributed by atoms with Gasteiger partial charge in [0, 0.05) is 18.6 Å². The van der Waals surface area contributed by atoms with Gasteiger partial charge >= 0.3 is 0 Å². The number of likely N-dealkylation sites (tertiary alicyclic amines) is 2. The molecule has 2 atom stereocenters. The lowest BCUT2D eigenvalue weighted by molar-refractivity contribution is 0.0965. The molecular formula is C18H35N3. The normalized spacial score (nSPS) is 28.9. The Morgan fingerprint density at radius 2 is 1.62 bits per heavy atom. The van der Waals surface area contributed by atoms with E-state index in [2.05, 4.69) is 29.0 Å². The highest BCUT2D eigenvalue weighted by molar-refractivity contribution is 4.85. The fourth-order valence-electron chi connectivity index (χ4n) is 4.04. The lowest BCUT2D eigenvalue weighted by Gasteiger charge is -2.39. The largest absolute Gasteiger partial charge is 0.314 e. The molecule has 0 bridgehead atoms. The van der Waals surface area contributed by atoms with Gasteiger partial charge in [-0.05, 0) is 90.0 Å². The Labute approximate surface area is 131 Å². The highest BCUT2D eigenvalue weighted by Gasteiger charge is 2.28. The average molecular weight is 293 g/mol. The second-order valence-corrected chi connectivity index (χ2v) is 7.89. The number of hydrogen-bond acceptors (Lipinski definition) is 3. The second-order valence-electron chi connectivity index (χ2n) is 7.89. The van der Waals surface area contributed by atoms with Crippen molar-refractivity contribution in [3.63, 3.8) is 0 Å². The Morgan fingerprint density at radius 3 is 2.24 bits per heavy atom. The molecule has 0 aromatic heterocycles. The van der Waals surface area contributed by atoms with Crippen LogP contribution in [0.2, 0.25) is 0 Å². The number of hydrogen-bond donors (Lipinski definition) is 1. The summed E-state index contributed by atoms with van der Waals surface area (Å²) in [6.45, 7) is 12.8. The summed E-state index contributed by atoms with van der Waals surface area (Å²) in [5, 5.41) is 3.70.